The molecule has 1 amide bonds. The highest BCUT2D eigenvalue weighted by Gasteiger charge is 2.19. The second-order valence-electron chi connectivity index (χ2n) is 6.97. The van der Waals surface area contributed by atoms with E-state index in [1.807, 2.05) is 30.3 Å². The van der Waals surface area contributed by atoms with Gasteiger partial charge in [0.05, 0.1) is 10.5 Å². The lowest BCUT2D eigenvalue weighted by Crippen LogP contribution is -2.23. The monoisotopic (exact) mass is 434 g/mol. The van der Waals surface area contributed by atoms with Gasteiger partial charge in [-0.15, -0.1) is 0 Å². The molecule has 31 heavy (non-hydrogen) atoms. The van der Waals surface area contributed by atoms with Gasteiger partial charge in [-0.3, -0.25) is 14.2 Å². The van der Waals surface area contributed by atoms with Crippen LogP contribution in [0.1, 0.15) is 21.8 Å². The maximum atomic E-state index is 13.3. The third-order valence-corrected chi connectivity index (χ3v) is 5.38. The molecule has 1 N–H and O–H groups in total. The summed E-state index contributed by atoms with van der Waals surface area (Å²) in [4.78, 5) is 25.3. The summed E-state index contributed by atoms with van der Waals surface area (Å²) in [6.07, 6.45) is 1.34. The molecule has 0 aliphatic rings. The summed E-state index contributed by atoms with van der Waals surface area (Å²) in [5, 5.41) is 12.0. The third-order valence-electron chi connectivity index (χ3n) is 5.07. The first-order valence-electron chi connectivity index (χ1n) is 9.41. The molecule has 3 heterocycles. The van der Waals surface area contributed by atoms with Crippen LogP contribution in [0, 0.1) is 6.92 Å². The SMILES string of the molecule is Cc1onc2c1c(=O)n(-c1ccc(CNC(=O)c3ccon3)cc1)c1cccc(Cl)c21. The molecule has 3 aromatic heterocycles. The van der Waals surface area contributed by atoms with E-state index in [0.29, 0.717) is 44.8 Å². The Kier molecular flexibility index (Phi) is 4.56. The van der Waals surface area contributed by atoms with Crippen molar-refractivity contribution < 1.29 is 13.8 Å². The van der Waals surface area contributed by atoms with Crippen LogP contribution in [0.2, 0.25) is 5.02 Å². The van der Waals surface area contributed by atoms with E-state index in [0.717, 1.165) is 5.56 Å². The van der Waals surface area contributed by atoms with Gasteiger partial charge in [-0.25, -0.2) is 0 Å². The van der Waals surface area contributed by atoms with Gasteiger partial charge in [-0.05, 0) is 36.8 Å². The van der Waals surface area contributed by atoms with Crippen molar-refractivity contribution in [2.75, 3.05) is 0 Å². The topological polar surface area (TPSA) is 103 Å². The summed E-state index contributed by atoms with van der Waals surface area (Å²) in [6.45, 7) is 2.00. The highest BCUT2D eigenvalue weighted by atomic mass is 35.5. The van der Waals surface area contributed by atoms with Gasteiger partial charge >= 0.3 is 0 Å². The highest BCUT2D eigenvalue weighted by Crippen LogP contribution is 2.31. The maximum absolute atomic E-state index is 13.3. The van der Waals surface area contributed by atoms with E-state index < -0.39 is 0 Å². The van der Waals surface area contributed by atoms with Crippen LogP contribution in [0.3, 0.4) is 0 Å². The minimum atomic E-state index is -0.330. The Balaban J connectivity index is 1.55. The van der Waals surface area contributed by atoms with Gasteiger partial charge in [0, 0.05) is 23.7 Å². The zero-order chi connectivity index (χ0) is 21.5. The molecule has 0 aliphatic carbocycles. The quantitative estimate of drug-likeness (QED) is 0.458. The fourth-order valence-corrected chi connectivity index (χ4v) is 3.83. The summed E-state index contributed by atoms with van der Waals surface area (Å²) >= 11 is 6.45. The predicted octanol–water partition coefficient (Wildman–Crippen LogP) is 4.01. The second kappa shape index (κ2) is 7.41. The van der Waals surface area contributed by atoms with E-state index in [1.54, 1.807) is 23.6 Å². The molecular formula is C22H15ClN4O4. The zero-order valence-corrected chi connectivity index (χ0v) is 17.0. The number of fused-ring (bicyclic) bond motifs is 3. The van der Waals surface area contributed by atoms with Crippen LogP contribution in [0.25, 0.3) is 27.5 Å². The van der Waals surface area contributed by atoms with Crippen LogP contribution < -0.4 is 10.9 Å². The van der Waals surface area contributed by atoms with Crippen molar-refractivity contribution in [1.29, 1.82) is 0 Å². The van der Waals surface area contributed by atoms with Crippen LogP contribution in [-0.2, 0) is 6.54 Å². The molecule has 0 aliphatic heterocycles. The molecule has 5 aromatic rings. The Morgan fingerprint density at radius 2 is 1.90 bits per heavy atom. The normalized spacial score (nSPS) is 11.3. The Labute approximate surface area is 180 Å². The number of halogens is 1. The van der Waals surface area contributed by atoms with Crippen molar-refractivity contribution in [2.24, 2.45) is 0 Å². The number of rotatable bonds is 4. The molecule has 0 radical (unpaired) electrons. The maximum Gasteiger partial charge on any atom is 0.273 e. The third kappa shape index (κ3) is 3.17. The number of nitrogens with one attached hydrogen (secondary N) is 1. The van der Waals surface area contributed by atoms with Crippen molar-refractivity contribution in [1.82, 2.24) is 20.2 Å². The number of carbonyl (C=O) groups excluding carboxylic acids is 1. The summed E-state index contributed by atoms with van der Waals surface area (Å²) < 4.78 is 11.5. The number of aromatic nitrogens is 3. The average molecular weight is 435 g/mol. The van der Waals surface area contributed by atoms with Crippen molar-refractivity contribution >= 4 is 39.3 Å². The molecule has 2 aromatic carbocycles. The van der Waals surface area contributed by atoms with Crippen molar-refractivity contribution in [3.63, 3.8) is 0 Å². The Hall–Kier alpha value is -3.91. The number of pyridine rings is 1. The molecule has 0 atom stereocenters. The smallest absolute Gasteiger partial charge is 0.273 e. The number of carbonyl (C=O) groups is 1. The number of aryl methyl sites for hydroxylation is 1. The lowest BCUT2D eigenvalue weighted by atomic mass is 10.1. The van der Waals surface area contributed by atoms with Crippen molar-refractivity contribution in [2.45, 2.75) is 13.5 Å². The number of hydrogen-bond donors (Lipinski definition) is 1. The lowest BCUT2D eigenvalue weighted by molar-refractivity contribution is 0.0942. The Bertz CT molecular complexity index is 1480. The Morgan fingerprint density at radius 3 is 2.65 bits per heavy atom. The first-order chi connectivity index (χ1) is 15.0. The molecule has 0 unspecified atom stereocenters. The minimum Gasteiger partial charge on any atom is -0.364 e. The molecule has 0 bridgehead atoms. The molecule has 8 nitrogen and oxygen atoms in total. The standard InChI is InChI=1S/C22H15ClN4O4/c1-12-18-20(26-31-12)19-15(23)3-2-4-17(19)27(22(18)29)14-7-5-13(6-8-14)11-24-21(28)16-9-10-30-25-16/h2-10H,11H2,1H3,(H,24,28). The van der Waals surface area contributed by atoms with Gasteiger partial charge in [-0.1, -0.05) is 40.1 Å². The van der Waals surface area contributed by atoms with E-state index >= 15 is 0 Å². The largest absolute Gasteiger partial charge is 0.364 e. The molecule has 0 fully saturated rings. The van der Waals surface area contributed by atoms with Crippen LogP contribution in [0.15, 0.2) is 68.6 Å². The summed E-state index contributed by atoms with van der Waals surface area (Å²) in [5.74, 6) is 0.103. The fraction of sp³-hybridized carbons (Fsp3) is 0.0909. The molecule has 5 rings (SSSR count). The first kappa shape index (κ1) is 19.1. The Morgan fingerprint density at radius 1 is 1.10 bits per heavy atom. The fourth-order valence-electron chi connectivity index (χ4n) is 3.57. The van der Waals surface area contributed by atoms with Gasteiger partial charge in [0.2, 0.25) is 0 Å². The van der Waals surface area contributed by atoms with Gasteiger partial charge < -0.3 is 14.4 Å². The molecule has 0 spiro atoms. The van der Waals surface area contributed by atoms with E-state index in [-0.39, 0.29) is 17.2 Å². The van der Waals surface area contributed by atoms with E-state index in [9.17, 15) is 9.59 Å². The second-order valence-corrected chi connectivity index (χ2v) is 7.38. The first-order valence-corrected chi connectivity index (χ1v) is 9.79. The lowest BCUT2D eigenvalue weighted by Gasteiger charge is -2.12. The minimum absolute atomic E-state index is 0.212. The summed E-state index contributed by atoms with van der Waals surface area (Å²) in [7, 11) is 0. The molecule has 154 valence electrons. The molecule has 0 saturated heterocycles. The molecule has 9 heteroatoms. The van der Waals surface area contributed by atoms with Gasteiger partial charge in [-0.2, -0.15) is 0 Å². The van der Waals surface area contributed by atoms with E-state index in [2.05, 4.69) is 20.2 Å². The van der Waals surface area contributed by atoms with Gasteiger partial charge in [0.25, 0.3) is 11.5 Å². The average Bonchev–Trinajstić information content (AvgIpc) is 3.43. The van der Waals surface area contributed by atoms with Gasteiger partial charge in [0.15, 0.2) is 5.69 Å². The van der Waals surface area contributed by atoms with Crippen molar-refractivity contribution in [3.8, 4) is 5.69 Å². The number of nitrogens with zero attached hydrogens (tertiary/aromatic N) is 3. The predicted molar refractivity (Wildman–Crippen MR) is 115 cm³/mol. The molecular weight excluding hydrogens is 420 g/mol. The highest BCUT2D eigenvalue weighted by molar-refractivity contribution is 6.37. The van der Waals surface area contributed by atoms with Crippen LogP contribution in [-0.4, -0.2) is 20.8 Å². The van der Waals surface area contributed by atoms with E-state index in [4.69, 9.17) is 16.1 Å². The summed E-state index contributed by atoms with van der Waals surface area (Å²) in [5.41, 5.74) is 2.57. The van der Waals surface area contributed by atoms with Gasteiger partial charge in [0.1, 0.15) is 22.9 Å². The van der Waals surface area contributed by atoms with Crippen molar-refractivity contribution in [3.05, 3.63) is 87.2 Å². The zero-order valence-electron chi connectivity index (χ0n) is 16.3. The number of hydrogen-bond acceptors (Lipinski definition) is 6. The van der Waals surface area contributed by atoms with Crippen LogP contribution in [0.5, 0.6) is 0 Å². The number of benzene rings is 2. The van der Waals surface area contributed by atoms with E-state index in [1.165, 1.54) is 12.3 Å². The summed E-state index contributed by atoms with van der Waals surface area (Å²) in [6, 6.07) is 14.2. The molecule has 0 saturated carbocycles. The van der Waals surface area contributed by atoms with Crippen LogP contribution in [0.4, 0.5) is 0 Å². The number of amides is 1. The van der Waals surface area contributed by atoms with Crippen LogP contribution >= 0.6 is 11.6 Å².